The average Bonchev–Trinajstić information content (AvgIpc) is 3.31. The number of carbonyl (C=O) groups excluding carboxylic acids is 1. The van der Waals surface area contributed by atoms with Crippen LogP contribution in [-0.2, 0) is 31.1 Å². The molecule has 5 rings (SSSR count). The summed E-state index contributed by atoms with van der Waals surface area (Å²) in [5.41, 5.74) is 3.77. The van der Waals surface area contributed by atoms with Crippen LogP contribution in [0.25, 0.3) is 10.2 Å². The molecule has 1 atom stereocenters. The van der Waals surface area contributed by atoms with E-state index in [2.05, 4.69) is 23.5 Å². The first kappa shape index (κ1) is 18.9. The molecule has 2 aliphatic rings. The molecular weight excluding hydrogens is 402 g/mol. The lowest BCUT2D eigenvalue weighted by Crippen LogP contribution is -2.32. The number of nitrogens with zero attached hydrogens (tertiary/aromatic N) is 2. The minimum Gasteiger partial charge on any atom is -0.349 e. The van der Waals surface area contributed by atoms with Gasteiger partial charge in [-0.1, -0.05) is 36.0 Å². The number of amides is 1. The van der Waals surface area contributed by atoms with Crippen molar-refractivity contribution in [2.24, 2.45) is 7.05 Å². The van der Waals surface area contributed by atoms with Crippen LogP contribution in [0.15, 0.2) is 34.2 Å². The number of carbonyl (C=O) groups is 1. The van der Waals surface area contributed by atoms with E-state index in [9.17, 15) is 9.59 Å². The van der Waals surface area contributed by atoms with Gasteiger partial charge in [-0.25, -0.2) is 4.98 Å². The van der Waals surface area contributed by atoms with Crippen molar-refractivity contribution in [3.05, 3.63) is 56.2 Å². The number of aromatic nitrogens is 2. The zero-order valence-electron chi connectivity index (χ0n) is 16.4. The molecule has 0 saturated carbocycles. The lowest BCUT2D eigenvalue weighted by Gasteiger charge is -2.26. The molecule has 0 bridgehead atoms. The van der Waals surface area contributed by atoms with Gasteiger partial charge in [0.25, 0.3) is 5.56 Å². The fourth-order valence-corrected chi connectivity index (χ4v) is 6.59. The average molecular weight is 426 g/mol. The van der Waals surface area contributed by atoms with Crippen LogP contribution in [0, 0.1) is 0 Å². The fraction of sp³-hybridized carbons (Fsp3) is 0.409. The third kappa shape index (κ3) is 3.40. The van der Waals surface area contributed by atoms with Crippen molar-refractivity contribution in [2.45, 2.75) is 49.7 Å². The molecule has 2 aromatic heterocycles. The van der Waals surface area contributed by atoms with E-state index in [4.69, 9.17) is 4.98 Å². The predicted molar refractivity (Wildman–Crippen MR) is 118 cm³/mol. The molecule has 1 unspecified atom stereocenters. The Balaban J connectivity index is 1.32. The Morgan fingerprint density at radius 1 is 1.28 bits per heavy atom. The summed E-state index contributed by atoms with van der Waals surface area (Å²) in [4.78, 5) is 32.4. The molecule has 1 N–H and O–H groups in total. The summed E-state index contributed by atoms with van der Waals surface area (Å²) in [6, 6.07) is 8.43. The summed E-state index contributed by atoms with van der Waals surface area (Å²) in [5.74, 6) is 0.245. The molecule has 7 heteroatoms. The molecule has 1 amide bonds. The molecule has 2 heterocycles. The highest BCUT2D eigenvalue weighted by atomic mass is 32.2. The number of thiophene rings is 1. The molecule has 0 aliphatic heterocycles. The highest BCUT2D eigenvalue weighted by Gasteiger charge is 2.24. The zero-order chi connectivity index (χ0) is 20.0. The zero-order valence-corrected chi connectivity index (χ0v) is 18.0. The summed E-state index contributed by atoms with van der Waals surface area (Å²) in [6.07, 6.45) is 6.29. The molecule has 29 heavy (non-hydrogen) atoms. The topological polar surface area (TPSA) is 64.0 Å². The van der Waals surface area contributed by atoms with Crippen LogP contribution >= 0.6 is 23.1 Å². The molecule has 3 aromatic rings. The lowest BCUT2D eigenvalue weighted by molar-refractivity contribution is -0.119. The van der Waals surface area contributed by atoms with E-state index in [0.717, 1.165) is 48.7 Å². The van der Waals surface area contributed by atoms with E-state index in [0.29, 0.717) is 5.16 Å². The summed E-state index contributed by atoms with van der Waals surface area (Å²) in [5, 5.41) is 4.58. The van der Waals surface area contributed by atoms with Crippen LogP contribution in [-0.4, -0.2) is 21.2 Å². The molecule has 0 fully saturated rings. The number of hydrogen-bond donors (Lipinski definition) is 1. The largest absolute Gasteiger partial charge is 0.349 e. The summed E-state index contributed by atoms with van der Waals surface area (Å²) < 4.78 is 1.60. The molecule has 1 aromatic carbocycles. The number of aryl methyl sites for hydroxylation is 3. The van der Waals surface area contributed by atoms with E-state index in [1.807, 2.05) is 6.07 Å². The third-order valence-electron chi connectivity index (χ3n) is 5.94. The monoisotopic (exact) mass is 425 g/mol. The van der Waals surface area contributed by atoms with E-state index < -0.39 is 0 Å². The van der Waals surface area contributed by atoms with E-state index in [1.54, 1.807) is 23.0 Å². The maximum Gasteiger partial charge on any atom is 0.262 e. The SMILES string of the molecule is Cn1c(SCC(=O)NC2CCCc3ccccc32)nc2sc3c(c2c1=O)CCC3. The maximum atomic E-state index is 12.9. The quantitative estimate of drug-likeness (QED) is 0.511. The molecule has 0 radical (unpaired) electrons. The highest BCUT2D eigenvalue weighted by molar-refractivity contribution is 7.99. The van der Waals surface area contributed by atoms with Crippen LogP contribution in [0.5, 0.6) is 0 Å². The van der Waals surface area contributed by atoms with E-state index >= 15 is 0 Å². The van der Waals surface area contributed by atoms with Crippen LogP contribution in [0.2, 0.25) is 0 Å². The highest BCUT2D eigenvalue weighted by Crippen LogP contribution is 2.35. The normalized spacial score (nSPS) is 17.9. The van der Waals surface area contributed by atoms with Gasteiger partial charge in [0, 0.05) is 11.9 Å². The number of hydrogen-bond acceptors (Lipinski definition) is 5. The van der Waals surface area contributed by atoms with Crippen LogP contribution in [0.4, 0.5) is 0 Å². The van der Waals surface area contributed by atoms with E-state index in [-0.39, 0.29) is 23.3 Å². The number of thioether (sulfide) groups is 1. The first-order valence-electron chi connectivity index (χ1n) is 10.1. The first-order valence-corrected chi connectivity index (χ1v) is 11.9. The standard InChI is InChI=1S/C22H23N3O2S2/c1-25-21(27)19-15-9-5-11-17(15)29-20(19)24-22(25)28-12-18(26)23-16-10-4-7-13-6-2-3-8-14(13)16/h2-3,6,8,16H,4-5,7,9-12H2,1H3,(H,23,26). The lowest BCUT2D eigenvalue weighted by atomic mass is 9.88. The van der Waals surface area contributed by atoms with Crippen molar-refractivity contribution < 1.29 is 4.79 Å². The van der Waals surface area contributed by atoms with Gasteiger partial charge in [0.2, 0.25) is 5.91 Å². The van der Waals surface area contributed by atoms with Gasteiger partial charge in [0.1, 0.15) is 4.83 Å². The Bertz CT molecular complexity index is 1160. The van der Waals surface area contributed by atoms with Gasteiger partial charge in [0.15, 0.2) is 5.16 Å². The van der Waals surface area contributed by atoms with Gasteiger partial charge in [0.05, 0.1) is 17.2 Å². The third-order valence-corrected chi connectivity index (χ3v) is 8.16. The van der Waals surface area contributed by atoms with E-state index in [1.165, 1.54) is 33.3 Å². The first-order chi connectivity index (χ1) is 14.1. The van der Waals surface area contributed by atoms with Crippen LogP contribution in [0.3, 0.4) is 0 Å². The number of rotatable bonds is 4. The van der Waals surface area contributed by atoms with Gasteiger partial charge in [-0.2, -0.15) is 0 Å². The van der Waals surface area contributed by atoms with Gasteiger partial charge in [-0.15, -0.1) is 11.3 Å². The second kappa shape index (κ2) is 7.61. The van der Waals surface area contributed by atoms with Crippen molar-refractivity contribution in [3.63, 3.8) is 0 Å². The molecule has 150 valence electrons. The van der Waals surface area contributed by atoms with Crippen molar-refractivity contribution in [1.82, 2.24) is 14.9 Å². The van der Waals surface area contributed by atoms with Crippen molar-refractivity contribution in [3.8, 4) is 0 Å². The van der Waals surface area contributed by atoms with Crippen molar-refractivity contribution >= 4 is 39.2 Å². The van der Waals surface area contributed by atoms with Crippen molar-refractivity contribution in [1.29, 1.82) is 0 Å². The van der Waals surface area contributed by atoms with Gasteiger partial charge in [-0.05, 0) is 55.2 Å². The van der Waals surface area contributed by atoms with Gasteiger partial charge >= 0.3 is 0 Å². The Morgan fingerprint density at radius 2 is 2.14 bits per heavy atom. The number of benzene rings is 1. The summed E-state index contributed by atoms with van der Waals surface area (Å²) >= 11 is 2.98. The molecule has 2 aliphatic carbocycles. The van der Waals surface area contributed by atoms with Crippen molar-refractivity contribution in [2.75, 3.05) is 5.75 Å². The van der Waals surface area contributed by atoms with Gasteiger partial charge < -0.3 is 5.32 Å². The van der Waals surface area contributed by atoms with Gasteiger partial charge in [-0.3, -0.25) is 14.2 Å². The Labute approximate surface area is 177 Å². The Morgan fingerprint density at radius 3 is 3.03 bits per heavy atom. The molecular formula is C22H23N3O2S2. The van der Waals surface area contributed by atoms with Crippen LogP contribution < -0.4 is 10.9 Å². The number of nitrogens with one attached hydrogen (secondary N) is 1. The molecule has 0 saturated heterocycles. The smallest absolute Gasteiger partial charge is 0.262 e. The minimum atomic E-state index is -0.0141. The second-order valence-corrected chi connectivity index (χ2v) is 9.82. The predicted octanol–water partition coefficient (Wildman–Crippen LogP) is 3.77. The number of fused-ring (bicyclic) bond motifs is 4. The maximum absolute atomic E-state index is 12.9. The summed E-state index contributed by atoms with van der Waals surface area (Å²) in [6.45, 7) is 0. The Hall–Kier alpha value is -2.12. The molecule has 0 spiro atoms. The minimum absolute atomic E-state index is 0.0125. The Kier molecular flexibility index (Phi) is 4.95. The summed E-state index contributed by atoms with van der Waals surface area (Å²) in [7, 11) is 1.76. The van der Waals surface area contributed by atoms with Crippen LogP contribution in [0.1, 0.15) is 46.9 Å². The fourth-order valence-electron chi connectivity index (χ4n) is 4.50. The second-order valence-electron chi connectivity index (χ2n) is 7.80. The molecule has 5 nitrogen and oxygen atoms in total.